The monoisotopic (exact) mass is 279 g/mol. The Kier molecular flexibility index (Phi) is 4.01. The molecule has 1 amide bonds. The van der Waals surface area contributed by atoms with E-state index in [0.717, 1.165) is 17.0 Å². The van der Waals surface area contributed by atoms with Gasteiger partial charge in [-0.2, -0.15) is 10.2 Å². The number of aromatic nitrogens is 4. The van der Waals surface area contributed by atoms with Crippen LogP contribution < -0.4 is 5.32 Å². The number of nitrogens with one attached hydrogen (secondary N) is 2. The normalized spacial score (nSPS) is 11.1. The van der Waals surface area contributed by atoms with Crippen molar-refractivity contribution in [1.29, 1.82) is 0 Å². The zero-order valence-corrected chi connectivity index (χ0v) is 11.4. The molecule has 2 rings (SSSR count). The summed E-state index contributed by atoms with van der Waals surface area (Å²) in [6, 6.07) is 1.80. The lowest BCUT2D eigenvalue weighted by Gasteiger charge is -1.98. The number of amides is 1. The second-order valence-corrected chi connectivity index (χ2v) is 4.40. The van der Waals surface area contributed by atoms with Gasteiger partial charge in [-0.1, -0.05) is 11.6 Å². The molecule has 0 bridgehead atoms. The molecular weight excluding hydrogens is 266 g/mol. The lowest BCUT2D eigenvalue weighted by atomic mass is 10.2. The third-order valence-corrected chi connectivity index (χ3v) is 3.06. The van der Waals surface area contributed by atoms with E-state index in [2.05, 4.69) is 20.6 Å². The number of H-pyrrole nitrogens is 1. The molecular formula is C12H14ClN5O. The number of rotatable bonds is 4. The molecule has 7 heteroatoms. The fourth-order valence-corrected chi connectivity index (χ4v) is 1.86. The topological polar surface area (TPSA) is 75.6 Å². The van der Waals surface area contributed by atoms with Crippen LogP contribution in [0.25, 0.3) is 6.08 Å². The van der Waals surface area contributed by atoms with Crippen molar-refractivity contribution in [3.8, 4) is 0 Å². The summed E-state index contributed by atoms with van der Waals surface area (Å²) < 4.78 is 1.57. The molecule has 2 N–H and O–H groups in total. The zero-order valence-electron chi connectivity index (χ0n) is 10.6. The molecule has 100 valence electrons. The fraction of sp³-hybridized carbons (Fsp3) is 0.250. The standard InChI is InChI=1S/C12H14ClN5O/c1-8-10(12(13)18(2)17-8)3-4-11(19)14-7-9-5-6-15-16-9/h3-6H,7H2,1-2H3,(H,14,19)(H,15,16)/b4-3+. The Morgan fingerprint density at radius 1 is 1.63 bits per heavy atom. The van der Waals surface area contributed by atoms with Crippen LogP contribution in [-0.4, -0.2) is 25.9 Å². The first-order chi connectivity index (χ1) is 9.08. The summed E-state index contributed by atoms with van der Waals surface area (Å²) in [4.78, 5) is 11.6. The molecule has 0 fully saturated rings. The number of nitrogens with zero attached hydrogens (tertiary/aromatic N) is 3. The van der Waals surface area contributed by atoms with Crippen LogP contribution in [0.15, 0.2) is 18.3 Å². The minimum Gasteiger partial charge on any atom is -0.347 e. The van der Waals surface area contributed by atoms with Crippen molar-refractivity contribution in [2.45, 2.75) is 13.5 Å². The summed E-state index contributed by atoms with van der Waals surface area (Å²) in [6.45, 7) is 2.25. The first-order valence-electron chi connectivity index (χ1n) is 5.71. The smallest absolute Gasteiger partial charge is 0.244 e. The molecule has 0 saturated carbocycles. The van der Waals surface area contributed by atoms with Gasteiger partial charge in [-0.15, -0.1) is 0 Å². The first-order valence-corrected chi connectivity index (χ1v) is 6.09. The number of halogens is 1. The molecule has 0 aliphatic heterocycles. The summed E-state index contributed by atoms with van der Waals surface area (Å²) in [5.74, 6) is -0.200. The first kappa shape index (κ1) is 13.4. The number of aromatic amines is 1. The quantitative estimate of drug-likeness (QED) is 0.832. The lowest BCUT2D eigenvalue weighted by molar-refractivity contribution is -0.116. The van der Waals surface area contributed by atoms with E-state index >= 15 is 0 Å². The van der Waals surface area contributed by atoms with Crippen LogP contribution in [0.1, 0.15) is 17.0 Å². The Morgan fingerprint density at radius 3 is 3.00 bits per heavy atom. The minimum atomic E-state index is -0.200. The maximum absolute atomic E-state index is 11.6. The van der Waals surface area contributed by atoms with Gasteiger partial charge >= 0.3 is 0 Å². The van der Waals surface area contributed by atoms with Crippen molar-refractivity contribution in [3.05, 3.63) is 40.4 Å². The zero-order chi connectivity index (χ0) is 13.8. The second-order valence-electron chi connectivity index (χ2n) is 4.05. The molecule has 0 radical (unpaired) electrons. The van der Waals surface area contributed by atoms with E-state index in [4.69, 9.17) is 11.6 Å². The fourth-order valence-electron chi connectivity index (χ4n) is 1.62. The van der Waals surface area contributed by atoms with E-state index in [1.165, 1.54) is 6.08 Å². The minimum absolute atomic E-state index is 0.200. The Morgan fingerprint density at radius 2 is 2.42 bits per heavy atom. The molecule has 0 saturated heterocycles. The summed E-state index contributed by atoms with van der Waals surface area (Å²) in [7, 11) is 1.75. The van der Waals surface area contributed by atoms with Crippen LogP contribution >= 0.6 is 11.6 Å². The van der Waals surface area contributed by atoms with Gasteiger partial charge in [0, 0.05) is 24.9 Å². The predicted molar refractivity (Wildman–Crippen MR) is 72.4 cm³/mol. The Balaban J connectivity index is 1.96. The van der Waals surface area contributed by atoms with E-state index in [1.807, 2.05) is 6.92 Å². The molecule has 2 heterocycles. The van der Waals surface area contributed by atoms with E-state index in [-0.39, 0.29) is 5.91 Å². The molecule has 2 aromatic heterocycles. The maximum Gasteiger partial charge on any atom is 0.244 e. The highest BCUT2D eigenvalue weighted by atomic mass is 35.5. The molecule has 0 unspecified atom stereocenters. The molecule has 0 spiro atoms. The van der Waals surface area contributed by atoms with Gasteiger partial charge in [0.25, 0.3) is 0 Å². The molecule has 6 nitrogen and oxygen atoms in total. The van der Waals surface area contributed by atoms with E-state index in [1.54, 1.807) is 30.1 Å². The average molecular weight is 280 g/mol. The Hall–Kier alpha value is -2.08. The third kappa shape index (κ3) is 3.23. The van der Waals surface area contributed by atoms with Crippen molar-refractivity contribution < 1.29 is 4.79 Å². The molecule has 0 aliphatic carbocycles. The molecule has 0 aromatic carbocycles. The van der Waals surface area contributed by atoms with E-state index < -0.39 is 0 Å². The third-order valence-electron chi connectivity index (χ3n) is 2.61. The highest BCUT2D eigenvalue weighted by Gasteiger charge is 2.08. The SMILES string of the molecule is Cc1nn(C)c(Cl)c1/C=C/C(=O)NCc1ccn[nH]1. The summed E-state index contributed by atoms with van der Waals surface area (Å²) in [5.41, 5.74) is 2.38. The van der Waals surface area contributed by atoms with Gasteiger partial charge in [-0.25, -0.2) is 0 Å². The van der Waals surface area contributed by atoms with Crippen molar-refractivity contribution in [2.75, 3.05) is 0 Å². The van der Waals surface area contributed by atoms with Crippen LogP contribution in [0.4, 0.5) is 0 Å². The second kappa shape index (κ2) is 5.71. The Labute approximate surface area is 115 Å². The van der Waals surface area contributed by atoms with Gasteiger partial charge in [-0.05, 0) is 19.1 Å². The van der Waals surface area contributed by atoms with Crippen LogP contribution in [0.2, 0.25) is 5.15 Å². The number of hydrogen-bond donors (Lipinski definition) is 2. The highest BCUT2D eigenvalue weighted by molar-refractivity contribution is 6.31. The van der Waals surface area contributed by atoms with E-state index in [9.17, 15) is 4.79 Å². The number of hydrogen-bond acceptors (Lipinski definition) is 3. The predicted octanol–water partition coefficient (Wildman–Crippen LogP) is 1.43. The van der Waals surface area contributed by atoms with Gasteiger partial charge in [-0.3, -0.25) is 14.6 Å². The molecule has 19 heavy (non-hydrogen) atoms. The van der Waals surface area contributed by atoms with Crippen molar-refractivity contribution in [2.24, 2.45) is 7.05 Å². The van der Waals surface area contributed by atoms with Gasteiger partial charge in [0.15, 0.2) is 0 Å². The van der Waals surface area contributed by atoms with Crippen molar-refractivity contribution in [3.63, 3.8) is 0 Å². The number of carbonyl (C=O) groups excluding carboxylic acids is 1. The number of aryl methyl sites for hydroxylation is 2. The largest absolute Gasteiger partial charge is 0.347 e. The summed E-state index contributed by atoms with van der Waals surface area (Å²) >= 11 is 6.06. The van der Waals surface area contributed by atoms with Crippen LogP contribution in [0.3, 0.4) is 0 Å². The highest BCUT2D eigenvalue weighted by Crippen LogP contribution is 2.19. The maximum atomic E-state index is 11.6. The average Bonchev–Trinajstić information content (AvgIpc) is 2.96. The van der Waals surface area contributed by atoms with Gasteiger partial charge in [0.2, 0.25) is 5.91 Å². The molecule has 2 aromatic rings. The summed E-state index contributed by atoms with van der Waals surface area (Å²) in [6.07, 6.45) is 4.73. The Bertz CT molecular complexity index is 600. The number of carbonyl (C=O) groups is 1. The van der Waals surface area contributed by atoms with Crippen LogP contribution in [0, 0.1) is 6.92 Å². The molecule has 0 atom stereocenters. The van der Waals surface area contributed by atoms with Crippen LogP contribution in [0.5, 0.6) is 0 Å². The van der Waals surface area contributed by atoms with Crippen molar-refractivity contribution in [1.82, 2.24) is 25.3 Å². The van der Waals surface area contributed by atoms with E-state index in [0.29, 0.717) is 11.7 Å². The van der Waals surface area contributed by atoms with Crippen LogP contribution in [-0.2, 0) is 18.4 Å². The van der Waals surface area contributed by atoms with Gasteiger partial charge in [0.1, 0.15) is 5.15 Å². The van der Waals surface area contributed by atoms with Crippen molar-refractivity contribution >= 4 is 23.6 Å². The van der Waals surface area contributed by atoms with Gasteiger partial charge in [0.05, 0.1) is 17.9 Å². The molecule has 0 aliphatic rings. The summed E-state index contributed by atoms with van der Waals surface area (Å²) in [5, 5.41) is 14.0. The van der Waals surface area contributed by atoms with Gasteiger partial charge < -0.3 is 5.32 Å². The lowest BCUT2D eigenvalue weighted by Crippen LogP contribution is -2.20.